The van der Waals surface area contributed by atoms with Gasteiger partial charge < -0.3 is 0 Å². The lowest BCUT2D eigenvalue weighted by Gasteiger charge is -2.11. The summed E-state index contributed by atoms with van der Waals surface area (Å²) in [6.07, 6.45) is 17.2. The zero-order chi connectivity index (χ0) is 17.5. The van der Waals surface area contributed by atoms with Crippen LogP contribution in [0.4, 0.5) is 0 Å². The highest BCUT2D eigenvalue weighted by Gasteiger charge is 2.06. The quantitative estimate of drug-likeness (QED) is 0.460. The summed E-state index contributed by atoms with van der Waals surface area (Å²) in [4.78, 5) is 0. The molecule has 0 atom stereocenters. The molecule has 0 fully saturated rings. The Morgan fingerprint density at radius 3 is 2.09 bits per heavy atom. The zero-order valence-corrected chi connectivity index (χ0v) is 15.0. The minimum absolute atomic E-state index is 1.03. The monoisotopic (exact) mass is 306 g/mol. The third kappa shape index (κ3) is 6.97. The van der Waals surface area contributed by atoms with Crippen LogP contribution in [0.1, 0.15) is 45.2 Å². The van der Waals surface area contributed by atoms with Gasteiger partial charge in [0, 0.05) is 0 Å². The molecule has 0 aliphatic rings. The van der Waals surface area contributed by atoms with E-state index in [0.29, 0.717) is 0 Å². The molecule has 0 aliphatic carbocycles. The van der Waals surface area contributed by atoms with Gasteiger partial charge in [-0.05, 0) is 35.6 Å². The maximum absolute atomic E-state index is 3.95. The van der Waals surface area contributed by atoms with E-state index >= 15 is 0 Å². The Bertz CT molecular complexity index is 592. The van der Waals surface area contributed by atoms with Gasteiger partial charge in [-0.1, -0.05) is 107 Å². The van der Waals surface area contributed by atoms with Crippen molar-refractivity contribution < 1.29 is 0 Å². The van der Waals surface area contributed by atoms with E-state index in [2.05, 4.69) is 74.7 Å². The first kappa shape index (κ1) is 20.7. The lowest BCUT2D eigenvalue weighted by Crippen LogP contribution is -1.90. The highest BCUT2D eigenvalue weighted by atomic mass is 14.1. The molecule has 0 heteroatoms. The zero-order valence-electron chi connectivity index (χ0n) is 15.0. The Labute approximate surface area is 143 Å². The first-order valence-corrected chi connectivity index (χ1v) is 8.32. The van der Waals surface area contributed by atoms with Gasteiger partial charge in [0.1, 0.15) is 0 Å². The normalized spacial score (nSPS) is 12.2. The van der Waals surface area contributed by atoms with Crippen molar-refractivity contribution in [2.45, 2.75) is 34.1 Å². The largest absolute Gasteiger partial charge is 0.0991 e. The first-order chi connectivity index (χ1) is 11.3. The minimum Gasteiger partial charge on any atom is -0.0991 e. The van der Waals surface area contributed by atoms with Crippen molar-refractivity contribution >= 4 is 11.1 Å². The first-order valence-electron chi connectivity index (χ1n) is 8.32. The van der Waals surface area contributed by atoms with Crippen LogP contribution < -0.4 is 0 Å². The van der Waals surface area contributed by atoms with Gasteiger partial charge in [0.25, 0.3) is 0 Å². The molecule has 0 nitrogen and oxygen atoms in total. The molecule has 23 heavy (non-hydrogen) atoms. The molecule has 0 saturated heterocycles. The van der Waals surface area contributed by atoms with E-state index in [1.807, 2.05) is 32.9 Å². The smallest absolute Gasteiger partial charge is 0.0106 e. The second-order valence-electron chi connectivity index (χ2n) is 4.55. The van der Waals surface area contributed by atoms with Crippen molar-refractivity contribution in [2.24, 2.45) is 0 Å². The highest BCUT2D eigenvalue weighted by molar-refractivity contribution is 5.87. The maximum Gasteiger partial charge on any atom is -0.0106 e. The summed E-state index contributed by atoms with van der Waals surface area (Å²) >= 11 is 0. The number of allylic oxidation sites excluding steroid dienone is 10. The number of benzene rings is 1. The summed E-state index contributed by atoms with van der Waals surface area (Å²) in [7, 11) is 0. The molecule has 0 bridgehead atoms. The number of hydrogen-bond acceptors (Lipinski definition) is 0. The lowest BCUT2D eigenvalue weighted by atomic mass is 9.93. The summed E-state index contributed by atoms with van der Waals surface area (Å²) in [5.74, 6) is 0. The third-order valence-corrected chi connectivity index (χ3v) is 3.14. The highest BCUT2D eigenvalue weighted by Crippen LogP contribution is 2.27. The lowest BCUT2D eigenvalue weighted by molar-refractivity contribution is 1.22. The van der Waals surface area contributed by atoms with E-state index in [0.717, 1.165) is 12.0 Å². The minimum atomic E-state index is 1.03. The topological polar surface area (TPSA) is 0 Å². The molecule has 1 aromatic rings. The van der Waals surface area contributed by atoms with Crippen LogP contribution in [0.25, 0.3) is 11.1 Å². The van der Waals surface area contributed by atoms with Crippen molar-refractivity contribution in [1.82, 2.24) is 0 Å². The Hall–Kier alpha value is -2.34. The molecule has 122 valence electrons. The van der Waals surface area contributed by atoms with Crippen LogP contribution in [-0.2, 0) is 0 Å². The molecule has 0 amide bonds. The molecule has 0 radical (unpaired) electrons. The average Bonchev–Trinajstić information content (AvgIpc) is 2.62. The second kappa shape index (κ2) is 13.3. The molecule has 1 aromatic carbocycles. The van der Waals surface area contributed by atoms with Crippen LogP contribution in [0.2, 0.25) is 0 Å². The molecule has 0 unspecified atom stereocenters. The van der Waals surface area contributed by atoms with Crippen molar-refractivity contribution in [3.8, 4) is 0 Å². The van der Waals surface area contributed by atoms with Crippen molar-refractivity contribution in [2.75, 3.05) is 0 Å². The van der Waals surface area contributed by atoms with Crippen molar-refractivity contribution in [3.05, 3.63) is 97.2 Å². The standard InChI is InChI=1S/C21H24.C2H6/c1-5-9-11-15-19(8-4)21-17-13-12-16-20(21)18(7-3)14-10-6-2;1-2/h6-17H,2,4-5H2,1,3H3;1-2H3/b11-9-,14-10-,18-7+,19-15+;. The fraction of sp³-hybridized carbons (Fsp3) is 0.217. The van der Waals surface area contributed by atoms with E-state index in [1.54, 1.807) is 6.08 Å². The molecule has 1 rings (SSSR count). The van der Waals surface area contributed by atoms with Crippen LogP contribution in [0.15, 0.2) is 86.0 Å². The van der Waals surface area contributed by atoms with E-state index in [4.69, 9.17) is 0 Å². The molecule has 0 spiro atoms. The van der Waals surface area contributed by atoms with E-state index in [-0.39, 0.29) is 0 Å². The van der Waals surface area contributed by atoms with Crippen LogP contribution in [0.3, 0.4) is 0 Å². The summed E-state index contributed by atoms with van der Waals surface area (Å²) in [6, 6.07) is 8.39. The molecular weight excluding hydrogens is 276 g/mol. The molecular formula is C23H30. The predicted octanol–water partition coefficient (Wildman–Crippen LogP) is 7.39. The molecule has 0 saturated carbocycles. The molecule has 0 heterocycles. The molecule has 0 aromatic heterocycles. The second-order valence-corrected chi connectivity index (χ2v) is 4.55. The SMILES string of the molecule is C=C/C=C\C(=C/C)c1ccccc1/C(C=C)=C/C=C\CC.CC. The summed E-state index contributed by atoms with van der Waals surface area (Å²) < 4.78 is 0. The van der Waals surface area contributed by atoms with Gasteiger partial charge in [-0.25, -0.2) is 0 Å². The molecule has 0 N–H and O–H groups in total. The Balaban J connectivity index is 0.00000232. The van der Waals surface area contributed by atoms with E-state index in [1.165, 1.54) is 16.7 Å². The van der Waals surface area contributed by atoms with E-state index < -0.39 is 0 Å². The van der Waals surface area contributed by atoms with Gasteiger partial charge in [0.05, 0.1) is 0 Å². The third-order valence-electron chi connectivity index (χ3n) is 3.14. The van der Waals surface area contributed by atoms with Gasteiger partial charge in [-0.15, -0.1) is 0 Å². The van der Waals surface area contributed by atoms with Crippen molar-refractivity contribution in [1.29, 1.82) is 0 Å². The Morgan fingerprint density at radius 2 is 1.61 bits per heavy atom. The number of hydrogen-bond donors (Lipinski definition) is 0. The van der Waals surface area contributed by atoms with Crippen LogP contribution in [-0.4, -0.2) is 0 Å². The van der Waals surface area contributed by atoms with Crippen LogP contribution in [0.5, 0.6) is 0 Å². The fourth-order valence-electron chi connectivity index (χ4n) is 2.08. The predicted molar refractivity (Wildman–Crippen MR) is 108 cm³/mol. The maximum atomic E-state index is 3.95. The van der Waals surface area contributed by atoms with Crippen molar-refractivity contribution in [3.63, 3.8) is 0 Å². The average molecular weight is 306 g/mol. The Morgan fingerprint density at radius 1 is 1.00 bits per heavy atom. The van der Waals surface area contributed by atoms with Gasteiger partial charge in [-0.2, -0.15) is 0 Å². The Kier molecular flexibility index (Phi) is 12.0. The fourth-order valence-corrected chi connectivity index (χ4v) is 2.08. The summed E-state index contributed by atoms with van der Waals surface area (Å²) in [5, 5.41) is 0. The van der Waals surface area contributed by atoms with Gasteiger partial charge in [-0.3, -0.25) is 0 Å². The summed E-state index contributed by atoms with van der Waals surface area (Å²) in [6.45, 7) is 15.9. The summed E-state index contributed by atoms with van der Waals surface area (Å²) in [5.41, 5.74) is 4.70. The molecule has 0 aliphatic heterocycles. The van der Waals surface area contributed by atoms with Crippen LogP contribution in [0, 0.1) is 0 Å². The van der Waals surface area contributed by atoms with Gasteiger partial charge in [0.2, 0.25) is 0 Å². The van der Waals surface area contributed by atoms with E-state index in [9.17, 15) is 0 Å². The van der Waals surface area contributed by atoms with Gasteiger partial charge in [0.15, 0.2) is 0 Å². The number of rotatable bonds is 7. The van der Waals surface area contributed by atoms with Gasteiger partial charge >= 0.3 is 0 Å². The van der Waals surface area contributed by atoms with Crippen LogP contribution >= 0.6 is 0 Å².